The predicted octanol–water partition coefficient (Wildman–Crippen LogP) is 0.511. The molecule has 1 aliphatic rings. The molecule has 0 aliphatic carbocycles. The zero-order valence-electron chi connectivity index (χ0n) is 8.52. The van der Waals surface area contributed by atoms with E-state index in [1.54, 1.807) is 18.5 Å². The van der Waals surface area contributed by atoms with Crippen molar-refractivity contribution >= 4 is 11.9 Å². The quantitative estimate of drug-likeness (QED) is 0.783. The fourth-order valence-corrected chi connectivity index (χ4v) is 1.62. The number of anilines is 1. The van der Waals surface area contributed by atoms with Gasteiger partial charge >= 0.3 is 0 Å². The van der Waals surface area contributed by atoms with Gasteiger partial charge in [-0.25, -0.2) is 9.97 Å². The lowest BCUT2D eigenvalue weighted by Gasteiger charge is -2.15. The maximum atomic E-state index is 11.6. The Bertz CT molecular complexity index is 321. The van der Waals surface area contributed by atoms with Crippen molar-refractivity contribution in [1.29, 1.82) is 0 Å². The molecule has 0 saturated carbocycles. The van der Waals surface area contributed by atoms with Crippen molar-refractivity contribution in [2.24, 2.45) is 0 Å². The van der Waals surface area contributed by atoms with E-state index in [1.807, 2.05) is 4.90 Å². The molecular weight excluding hydrogens is 192 g/mol. The molecule has 1 saturated heterocycles. The summed E-state index contributed by atoms with van der Waals surface area (Å²) in [6.45, 7) is 2.05. The molecule has 1 amide bonds. The number of amides is 1. The average Bonchev–Trinajstić information content (AvgIpc) is 2.81. The van der Waals surface area contributed by atoms with Gasteiger partial charge < -0.3 is 10.2 Å². The highest BCUT2D eigenvalue weighted by molar-refractivity contribution is 5.80. The number of carbonyl (C=O) groups excluding carboxylic acids is 1. The Balaban J connectivity index is 1.80. The van der Waals surface area contributed by atoms with Gasteiger partial charge in [-0.2, -0.15) is 0 Å². The van der Waals surface area contributed by atoms with Gasteiger partial charge in [0.05, 0.1) is 6.54 Å². The highest BCUT2D eigenvalue weighted by Gasteiger charge is 2.17. The van der Waals surface area contributed by atoms with Crippen molar-refractivity contribution in [3.8, 4) is 0 Å². The number of rotatable bonds is 3. The zero-order chi connectivity index (χ0) is 10.5. The Morgan fingerprint density at radius 1 is 1.33 bits per heavy atom. The molecule has 2 rings (SSSR count). The van der Waals surface area contributed by atoms with Gasteiger partial charge in [0, 0.05) is 25.5 Å². The lowest BCUT2D eigenvalue weighted by atomic mass is 10.4. The first-order chi connectivity index (χ1) is 7.36. The highest BCUT2D eigenvalue weighted by Crippen LogP contribution is 2.07. The summed E-state index contributed by atoms with van der Waals surface area (Å²) in [5.41, 5.74) is 0. The zero-order valence-corrected chi connectivity index (χ0v) is 8.52. The van der Waals surface area contributed by atoms with Crippen molar-refractivity contribution in [2.75, 3.05) is 25.0 Å². The van der Waals surface area contributed by atoms with Crippen LogP contribution >= 0.6 is 0 Å². The lowest BCUT2D eigenvalue weighted by Crippen LogP contribution is -2.33. The highest BCUT2D eigenvalue weighted by atomic mass is 16.2. The molecule has 1 N–H and O–H groups in total. The van der Waals surface area contributed by atoms with Gasteiger partial charge in [-0.1, -0.05) is 0 Å². The molecule has 0 bridgehead atoms. The molecule has 1 aromatic heterocycles. The number of carbonyl (C=O) groups is 1. The number of nitrogens with zero attached hydrogens (tertiary/aromatic N) is 3. The first-order valence-electron chi connectivity index (χ1n) is 5.15. The Kier molecular flexibility index (Phi) is 3.11. The molecule has 5 heteroatoms. The van der Waals surface area contributed by atoms with E-state index in [1.165, 1.54) is 0 Å². The minimum Gasteiger partial charge on any atom is -0.345 e. The summed E-state index contributed by atoms with van der Waals surface area (Å²) in [6, 6.07) is 1.74. The lowest BCUT2D eigenvalue weighted by molar-refractivity contribution is -0.128. The summed E-state index contributed by atoms with van der Waals surface area (Å²) < 4.78 is 0. The first kappa shape index (κ1) is 9.89. The number of nitrogens with one attached hydrogen (secondary N) is 1. The van der Waals surface area contributed by atoms with E-state index < -0.39 is 0 Å². The van der Waals surface area contributed by atoms with E-state index in [2.05, 4.69) is 15.3 Å². The van der Waals surface area contributed by atoms with Crippen LogP contribution in [0.4, 0.5) is 5.95 Å². The third-order valence-electron chi connectivity index (χ3n) is 2.42. The van der Waals surface area contributed by atoms with Crippen LogP contribution in [0.1, 0.15) is 12.8 Å². The summed E-state index contributed by atoms with van der Waals surface area (Å²) in [6.07, 6.45) is 5.53. The summed E-state index contributed by atoms with van der Waals surface area (Å²) in [5.74, 6) is 0.630. The molecule has 0 spiro atoms. The third kappa shape index (κ3) is 2.65. The van der Waals surface area contributed by atoms with Gasteiger partial charge in [-0.3, -0.25) is 4.79 Å². The Labute approximate surface area is 88.5 Å². The molecule has 1 aromatic rings. The van der Waals surface area contributed by atoms with Gasteiger partial charge in [0.15, 0.2) is 0 Å². The molecule has 1 aliphatic heterocycles. The molecule has 15 heavy (non-hydrogen) atoms. The minimum atomic E-state index is 0.125. The van der Waals surface area contributed by atoms with Crippen LogP contribution in [0, 0.1) is 0 Å². The molecule has 0 atom stereocenters. The summed E-state index contributed by atoms with van der Waals surface area (Å²) in [5, 5.41) is 2.91. The van der Waals surface area contributed by atoms with Gasteiger partial charge in [-0.05, 0) is 18.9 Å². The van der Waals surface area contributed by atoms with Crippen molar-refractivity contribution in [2.45, 2.75) is 12.8 Å². The topological polar surface area (TPSA) is 58.1 Å². The fraction of sp³-hybridized carbons (Fsp3) is 0.500. The monoisotopic (exact) mass is 206 g/mol. The van der Waals surface area contributed by atoms with Crippen LogP contribution in [0.5, 0.6) is 0 Å². The van der Waals surface area contributed by atoms with Crippen molar-refractivity contribution in [1.82, 2.24) is 14.9 Å². The SMILES string of the molecule is O=C(CNc1ncccn1)N1CCCC1. The second kappa shape index (κ2) is 4.72. The molecule has 80 valence electrons. The van der Waals surface area contributed by atoms with Crippen LogP contribution in [0.3, 0.4) is 0 Å². The largest absolute Gasteiger partial charge is 0.345 e. The van der Waals surface area contributed by atoms with E-state index in [0.717, 1.165) is 25.9 Å². The van der Waals surface area contributed by atoms with E-state index >= 15 is 0 Å². The first-order valence-corrected chi connectivity index (χ1v) is 5.15. The number of hydrogen-bond donors (Lipinski definition) is 1. The van der Waals surface area contributed by atoms with Crippen LogP contribution in [0.2, 0.25) is 0 Å². The van der Waals surface area contributed by atoms with Crippen LogP contribution in [0.25, 0.3) is 0 Å². The van der Waals surface area contributed by atoms with Crippen molar-refractivity contribution < 1.29 is 4.79 Å². The second-order valence-corrected chi connectivity index (χ2v) is 3.51. The predicted molar refractivity (Wildman–Crippen MR) is 56.3 cm³/mol. The molecule has 1 fully saturated rings. The molecule has 0 unspecified atom stereocenters. The van der Waals surface area contributed by atoms with Crippen LogP contribution in [-0.2, 0) is 4.79 Å². The number of likely N-dealkylation sites (tertiary alicyclic amines) is 1. The molecular formula is C10H14N4O. The van der Waals surface area contributed by atoms with E-state index in [9.17, 15) is 4.79 Å². The van der Waals surface area contributed by atoms with E-state index in [4.69, 9.17) is 0 Å². The fourth-order valence-electron chi connectivity index (χ4n) is 1.62. The van der Waals surface area contributed by atoms with Crippen LogP contribution < -0.4 is 5.32 Å². The minimum absolute atomic E-state index is 0.125. The van der Waals surface area contributed by atoms with Crippen molar-refractivity contribution in [3.05, 3.63) is 18.5 Å². The van der Waals surface area contributed by atoms with Gasteiger partial charge in [-0.15, -0.1) is 0 Å². The van der Waals surface area contributed by atoms with E-state index in [0.29, 0.717) is 5.95 Å². The Morgan fingerprint density at radius 3 is 2.67 bits per heavy atom. The standard InChI is InChI=1S/C10H14N4O/c15-9(14-6-1-2-7-14)8-13-10-11-4-3-5-12-10/h3-5H,1-2,6-8H2,(H,11,12,13). The van der Waals surface area contributed by atoms with Gasteiger partial charge in [0.25, 0.3) is 0 Å². The number of aromatic nitrogens is 2. The maximum absolute atomic E-state index is 11.6. The summed E-state index contributed by atoms with van der Waals surface area (Å²) in [7, 11) is 0. The van der Waals surface area contributed by atoms with Crippen LogP contribution in [0.15, 0.2) is 18.5 Å². The van der Waals surface area contributed by atoms with Gasteiger partial charge in [0.2, 0.25) is 11.9 Å². The van der Waals surface area contributed by atoms with Gasteiger partial charge in [0.1, 0.15) is 0 Å². The third-order valence-corrected chi connectivity index (χ3v) is 2.42. The Hall–Kier alpha value is -1.65. The molecule has 0 radical (unpaired) electrons. The number of hydrogen-bond acceptors (Lipinski definition) is 4. The summed E-state index contributed by atoms with van der Waals surface area (Å²) >= 11 is 0. The summed E-state index contributed by atoms with van der Waals surface area (Å²) in [4.78, 5) is 21.5. The van der Waals surface area contributed by atoms with E-state index in [-0.39, 0.29) is 12.5 Å². The smallest absolute Gasteiger partial charge is 0.241 e. The second-order valence-electron chi connectivity index (χ2n) is 3.51. The van der Waals surface area contributed by atoms with Crippen LogP contribution in [-0.4, -0.2) is 40.4 Å². The normalized spacial score (nSPS) is 15.3. The Morgan fingerprint density at radius 2 is 2.00 bits per heavy atom. The molecule has 5 nitrogen and oxygen atoms in total. The average molecular weight is 206 g/mol. The molecule has 2 heterocycles. The maximum Gasteiger partial charge on any atom is 0.241 e. The van der Waals surface area contributed by atoms with Crippen molar-refractivity contribution in [3.63, 3.8) is 0 Å². The molecule has 0 aromatic carbocycles.